The second-order valence-electron chi connectivity index (χ2n) is 8.92. The molecule has 0 aliphatic rings. The molecule has 0 saturated heterocycles. The Hall–Kier alpha value is -1.26. The van der Waals surface area contributed by atoms with Gasteiger partial charge in [-0.05, 0) is 24.7 Å². The molecule has 0 aromatic carbocycles. The van der Waals surface area contributed by atoms with Crippen LogP contribution in [0.15, 0.2) is 0 Å². The van der Waals surface area contributed by atoms with Gasteiger partial charge in [0.05, 0.1) is 13.2 Å². The van der Waals surface area contributed by atoms with E-state index in [0.717, 1.165) is 32.1 Å². The summed E-state index contributed by atoms with van der Waals surface area (Å²) in [6.07, 6.45) is 14.0. The molecule has 0 spiro atoms. The molecule has 166 valence electrons. The van der Waals surface area contributed by atoms with Crippen LogP contribution >= 0.6 is 0 Å². The van der Waals surface area contributed by atoms with Crippen LogP contribution < -0.4 is 5.32 Å². The van der Waals surface area contributed by atoms with Gasteiger partial charge in [-0.1, -0.05) is 85.5 Å². The molecule has 28 heavy (non-hydrogen) atoms. The van der Waals surface area contributed by atoms with E-state index in [4.69, 9.17) is 9.47 Å². The van der Waals surface area contributed by atoms with Crippen LogP contribution in [0.25, 0.3) is 0 Å². The molecule has 0 fully saturated rings. The lowest BCUT2D eigenvalue weighted by Gasteiger charge is -2.17. The van der Waals surface area contributed by atoms with Crippen molar-refractivity contribution in [3.63, 3.8) is 0 Å². The summed E-state index contributed by atoms with van der Waals surface area (Å²) in [5.74, 6) is -0.0999. The standard InChI is InChI=1S/C23H45NO4/c1-5-6-7-8-9-10-11-12-16-19-27-21(25)17-14-13-15-18-24-22(26)28-20-23(2,3)4/h5-20H2,1-4H3,(H,24,26). The maximum Gasteiger partial charge on any atom is 0.407 e. The van der Waals surface area contributed by atoms with Crippen molar-refractivity contribution in [1.82, 2.24) is 5.32 Å². The van der Waals surface area contributed by atoms with Crippen molar-refractivity contribution in [2.24, 2.45) is 5.41 Å². The van der Waals surface area contributed by atoms with Crippen LogP contribution in [0.4, 0.5) is 4.79 Å². The van der Waals surface area contributed by atoms with Crippen LogP contribution in [0, 0.1) is 5.41 Å². The van der Waals surface area contributed by atoms with E-state index in [2.05, 4.69) is 12.2 Å². The summed E-state index contributed by atoms with van der Waals surface area (Å²) in [6, 6.07) is 0. The van der Waals surface area contributed by atoms with Crippen LogP contribution in [0.2, 0.25) is 0 Å². The number of amides is 1. The van der Waals surface area contributed by atoms with E-state index in [1.54, 1.807) is 0 Å². The first kappa shape index (κ1) is 26.7. The molecular formula is C23H45NO4. The van der Waals surface area contributed by atoms with E-state index in [0.29, 0.717) is 26.2 Å². The quantitative estimate of drug-likeness (QED) is 0.227. The number of hydrogen-bond acceptors (Lipinski definition) is 4. The molecule has 0 aliphatic carbocycles. The van der Waals surface area contributed by atoms with Crippen molar-refractivity contribution in [2.45, 2.75) is 111 Å². The monoisotopic (exact) mass is 399 g/mol. The average Bonchev–Trinajstić information content (AvgIpc) is 2.63. The first-order chi connectivity index (χ1) is 13.3. The number of alkyl carbamates (subject to hydrolysis) is 1. The third-order valence-electron chi connectivity index (χ3n) is 4.47. The Morgan fingerprint density at radius 2 is 1.32 bits per heavy atom. The largest absolute Gasteiger partial charge is 0.466 e. The summed E-state index contributed by atoms with van der Waals surface area (Å²) >= 11 is 0. The van der Waals surface area contributed by atoms with Gasteiger partial charge in [0.1, 0.15) is 0 Å². The average molecular weight is 400 g/mol. The van der Waals surface area contributed by atoms with Crippen LogP contribution in [0.3, 0.4) is 0 Å². The smallest absolute Gasteiger partial charge is 0.407 e. The molecule has 0 aromatic rings. The van der Waals surface area contributed by atoms with Crippen molar-refractivity contribution in [3.8, 4) is 0 Å². The number of carbonyl (C=O) groups excluding carboxylic acids is 2. The summed E-state index contributed by atoms with van der Waals surface area (Å²) in [5.41, 5.74) is -0.0219. The molecule has 1 N–H and O–H groups in total. The fraction of sp³-hybridized carbons (Fsp3) is 0.913. The van der Waals surface area contributed by atoms with Gasteiger partial charge in [-0.3, -0.25) is 4.79 Å². The summed E-state index contributed by atoms with van der Waals surface area (Å²) < 4.78 is 10.4. The Bertz CT molecular complexity index is 391. The molecule has 5 heteroatoms. The van der Waals surface area contributed by atoms with Gasteiger partial charge in [0.15, 0.2) is 0 Å². The summed E-state index contributed by atoms with van der Waals surface area (Å²) in [5, 5.41) is 2.74. The number of unbranched alkanes of at least 4 members (excludes halogenated alkanes) is 10. The minimum Gasteiger partial charge on any atom is -0.466 e. The number of rotatable bonds is 17. The molecular weight excluding hydrogens is 354 g/mol. The second-order valence-corrected chi connectivity index (χ2v) is 8.92. The minimum absolute atomic E-state index is 0.0219. The van der Waals surface area contributed by atoms with E-state index in [-0.39, 0.29) is 17.5 Å². The lowest BCUT2D eigenvalue weighted by Crippen LogP contribution is -2.28. The normalized spacial score (nSPS) is 11.3. The van der Waals surface area contributed by atoms with Crippen LogP contribution in [-0.4, -0.2) is 31.8 Å². The summed E-state index contributed by atoms with van der Waals surface area (Å²) in [7, 11) is 0. The molecule has 0 aromatic heterocycles. The van der Waals surface area contributed by atoms with E-state index in [9.17, 15) is 9.59 Å². The SMILES string of the molecule is CCCCCCCCCCCOC(=O)CCCCCNC(=O)OCC(C)(C)C. The zero-order valence-electron chi connectivity index (χ0n) is 18.9. The predicted octanol–water partition coefficient (Wildman–Crippen LogP) is 6.39. The molecule has 0 saturated carbocycles. The van der Waals surface area contributed by atoms with Crippen molar-refractivity contribution in [1.29, 1.82) is 0 Å². The first-order valence-electron chi connectivity index (χ1n) is 11.4. The van der Waals surface area contributed by atoms with Crippen molar-refractivity contribution >= 4 is 12.1 Å². The second kappa shape index (κ2) is 17.8. The topological polar surface area (TPSA) is 64.6 Å². The highest BCUT2D eigenvalue weighted by atomic mass is 16.5. The molecule has 0 aliphatic heterocycles. The molecule has 0 bridgehead atoms. The molecule has 0 atom stereocenters. The zero-order chi connectivity index (χ0) is 21.1. The summed E-state index contributed by atoms with van der Waals surface area (Å²) in [6.45, 7) is 9.85. The number of ether oxygens (including phenoxy) is 2. The molecule has 1 amide bonds. The molecule has 0 rings (SSSR count). The maximum atomic E-state index is 11.7. The highest BCUT2D eigenvalue weighted by Crippen LogP contribution is 2.13. The fourth-order valence-electron chi connectivity index (χ4n) is 2.77. The lowest BCUT2D eigenvalue weighted by atomic mass is 9.99. The third-order valence-corrected chi connectivity index (χ3v) is 4.47. The Labute approximate surface area is 173 Å². The molecule has 0 radical (unpaired) electrons. The van der Waals surface area contributed by atoms with Crippen molar-refractivity contribution in [2.75, 3.05) is 19.8 Å². The number of carbonyl (C=O) groups is 2. The van der Waals surface area contributed by atoms with Crippen molar-refractivity contribution in [3.05, 3.63) is 0 Å². The zero-order valence-corrected chi connectivity index (χ0v) is 18.9. The van der Waals surface area contributed by atoms with Crippen molar-refractivity contribution < 1.29 is 19.1 Å². The van der Waals surface area contributed by atoms with E-state index in [1.165, 1.54) is 44.9 Å². The number of nitrogens with one attached hydrogen (secondary N) is 1. The summed E-state index contributed by atoms with van der Waals surface area (Å²) in [4.78, 5) is 23.2. The first-order valence-corrected chi connectivity index (χ1v) is 11.4. The predicted molar refractivity (Wildman–Crippen MR) is 115 cm³/mol. The van der Waals surface area contributed by atoms with E-state index < -0.39 is 0 Å². The van der Waals surface area contributed by atoms with Gasteiger partial charge in [0, 0.05) is 13.0 Å². The van der Waals surface area contributed by atoms with Gasteiger partial charge in [0.25, 0.3) is 0 Å². The molecule has 0 heterocycles. The number of esters is 1. The third kappa shape index (κ3) is 21.0. The van der Waals surface area contributed by atoms with E-state index in [1.807, 2.05) is 20.8 Å². The highest BCUT2D eigenvalue weighted by molar-refractivity contribution is 5.69. The van der Waals surface area contributed by atoms with Crippen LogP contribution in [0.1, 0.15) is 111 Å². The molecule has 5 nitrogen and oxygen atoms in total. The Kier molecular flexibility index (Phi) is 17.0. The van der Waals surface area contributed by atoms with Gasteiger partial charge in [-0.15, -0.1) is 0 Å². The van der Waals surface area contributed by atoms with E-state index >= 15 is 0 Å². The van der Waals surface area contributed by atoms with Gasteiger partial charge in [-0.25, -0.2) is 4.79 Å². The van der Waals surface area contributed by atoms with Gasteiger partial charge >= 0.3 is 12.1 Å². The Morgan fingerprint density at radius 1 is 0.750 bits per heavy atom. The van der Waals surface area contributed by atoms with Gasteiger partial charge in [0.2, 0.25) is 0 Å². The fourth-order valence-corrected chi connectivity index (χ4v) is 2.77. The van der Waals surface area contributed by atoms with Gasteiger partial charge < -0.3 is 14.8 Å². The maximum absolute atomic E-state index is 11.7. The minimum atomic E-state index is -0.365. The van der Waals surface area contributed by atoms with Crippen LogP contribution in [-0.2, 0) is 14.3 Å². The molecule has 0 unspecified atom stereocenters. The highest BCUT2D eigenvalue weighted by Gasteiger charge is 2.13. The lowest BCUT2D eigenvalue weighted by molar-refractivity contribution is -0.143. The Balaban J connectivity index is 3.32. The number of hydrogen-bond donors (Lipinski definition) is 1. The van der Waals surface area contributed by atoms with Gasteiger partial charge in [-0.2, -0.15) is 0 Å². The van der Waals surface area contributed by atoms with Crippen LogP contribution in [0.5, 0.6) is 0 Å². The Morgan fingerprint density at radius 3 is 1.93 bits per heavy atom.